The lowest BCUT2D eigenvalue weighted by Gasteiger charge is -2.32. The SMILES string of the molecule is NC1NNC2CC(c3ccc(=O)n(Cc4cccc(Cl)c4)c3)CCC12. The molecule has 1 aromatic carbocycles. The maximum absolute atomic E-state index is 12.3. The molecule has 0 radical (unpaired) electrons. The van der Waals surface area contributed by atoms with Crippen LogP contribution in [-0.4, -0.2) is 16.8 Å². The van der Waals surface area contributed by atoms with Crippen LogP contribution in [-0.2, 0) is 6.54 Å². The number of fused-ring (bicyclic) bond motifs is 1. The fraction of sp³-hybridized carbons (Fsp3) is 0.421. The van der Waals surface area contributed by atoms with Crippen LogP contribution in [0, 0.1) is 5.92 Å². The van der Waals surface area contributed by atoms with Gasteiger partial charge in [-0.1, -0.05) is 29.8 Å². The van der Waals surface area contributed by atoms with Crippen LogP contribution in [0.4, 0.5) is 0 Å². The fourth-order valence-electron chi connectivity index (χ4n) is 4.15. The predicted molar refractivity (Wildman–Crippen MR) is 99.4 cm³/mol. The van der Waals surface area contributed by atoms with Crippen molar-refractivity contribution >= 4 is 11.6 Å². The summed E-state index contributed by atoms with van der Waals surface area (Å²) in [4.78, 5) is 12.3. The quantitative estimate of drug-likeness (QED) is 0.786. The van der Waals surface area contributed by atoms with Gasteiger partial charge >= 0.3 is 0 Å². The molecular formula is C19H23ClN4O. The van der Waals surface area contributed by atoms with Crippen molar-refractivity contribution in [2.24, 2.45) is 11.7 Å². The van der Waals surface area contributed by atoms with Gasteiger partial charge in [0.15, 0.2) is 0 Å². The molecule has 1 aliphatic heterocycles. The van der Waals surface area contributed by atoms with E-state index in [1.807, 2.05) is 36.5 Å². The van der Waals surface area contributed by atoms with Gasteiger partial charge in [-0.3, -0.25) is 10.2 Å². The smallest absolute Gasteiger partial charge is 0.250 e. The molecule has 5 nitrogen and oxygen atoms in total. The fourth-order valence-corrected chi connectivity index (χ4v) is 4.36. The minimum Gasteiger partial charge on any atom is -0.315 e. The third-order valence-corrected chi connectivity index (χ3v) is 5.76. The highest BCUT2D eigenvalue weighted by molar-refractivity contribution is 6.30. The van der Waals surface area contributed by atoms with Crippen LogP contribution >= 0.6 is 11.6 Å². The molecule has 0 spiro atoms. The lowest BCUT2D eigenvalue weighted by atomic mass is 9.76. The normalized spacial score (nSPS) is 28.7. The molecule has 1 aromatic heterocycles. The van der Waals surface area contributed by atoms with E-state index in [-0.39, 0.29) is 11.7 Å². The number of aromatic nitrogens is 1. The third-order valence-electron chi connectivity index (χ3n) is 5.52. The number of halogens is 1. The largest absolute Gasteiger partial charge is 0.315 e. The first kappa shape index (κ1) is 16.8. The summed E-state index contributed by atoms with van der Waals surface area (Å²) < 4.78 is 1.78. The molecule has 1 saturated carbocycles. The van der Waals surface area contributed by atoms with Gasteiger partial charge in [0.25, 0.3) is 5.56 Å². The van der Waals surface area contributed by atoms with E-state index in [4.69, 9.17) is 17.3 Å². The number of nitrogens with zero attached hydrogens (tertiary/aromatic N) is 1. The summed E-state index contributed by atoms with van der Waals surface area (Å²) in [5.74, 6) is 0.945. The molecule has 1 saturated heterocycles. The molecule has 2 fully saturated rings. The molecule has 0 bridgehead atoms. The van der Waals surface area contributed by atoms with Gasteiger partial charge in [0.1, 0.15) is 0 Å². The van der Waals surface area contributed by atoms with Gasteiger partial charge in [-0.15, -0.1) is 0 Å². The number of rotatable bonds is 3. The van der Waals surface area contributed by atoms with E-state index in [9.17, 15) is 4.79 Å². The summed E-state index contributed by atoms with van der Waals surface area (Å²) in [7, 11) is 0. The Labute approximate surface area is 152 Å². The van der Waals surface area contributed by atoms with Crippen molar-refractivity contribution in [2.75, 3.05) is 0 Å². The number of hydrogen-bond donors (Lipinski definition) is 3. The second-order valence-corrected chi connectivity index (χ2v) is 7.59. The highest BCUT2D eigenvalue weighted by atomic mass is 35.5. The molecule has 2 aliphatic rings. The van der Waals surface area contributed by atoms with E-state index in [1.165, 1.54) is 5.56 Å². The lowest BCUT2D eigenvalue weighted by Crippen LogP contribution is -2.39. The molecule has 4 unspecified atom stereocenters. The average Bonchev–Trinajstić information content (AvgIpc) is 2.97. The zero-order chi connectivity index (χ0) is 17.4. The van der Waals surface area contributed by atoms with Crippen LogP contribution in [0.15, 0.2) is 47.4 Å². The van der Waals surface area contributed by atoms with Gasteiger partial charge < -0.3 is 10.3 Å². The second-order valence-electron chi connectivity index (χ2n) is 7.15. The summed E-state index contributed by atoms with van der Waals surface area (Å²) in [5, 5.41) is 0.691. The zero-order valence-electron chi connectivity index (χ0n) is 14.0. The van der Waals surface area contributed by atoms with Crippen LogP contribution in [0.5, 0.6) is 0 Å². The van der Waals surface area contributed by atoms with Crippen LogP contribution in [0.3, 0.4) is 0 Å². The second kappa shape index (κ2) is 6.92. The van der Waals surface area contributed by atoms with Crippen LogP contribution in [0.25, 0.3) is 0 Å². The van der Waals surface area contributed by atoms with E-state index >= 15 is 0 Å². The Balaban J connectivity index is 1.54. The average molecular weight is 359 g/mol. The lowest BCUT2D eigenvalue weighted by molar-refractivity contribution is 0.280. The van der Waals surface area contributed by atoms with Gasteiger partial charge in [-0.2, -0.15) is 0 Å². The predicted octanol–water partition coefficient (Wildman–Crippen LogP) is 2.19. The standard InChI is InChI=1S/C19H23ClN4O/c20-15-3-1-2-12(8-15)10-24-11-14(5-7-18(24)25)13-4-6-16-17(9-13)22-23-19(16)21/h1-3,5,7-8,11,13,16-17,19,22-23H,4,6,9-10,21H2. The molecule has 2 heterocycles. The van der Waals surface area contributed by atoms with Crippen molar-refractivity contribution < 1.29 is 0 Å². The molecule has 4 atom stereocenters. The summed E-state index contributed by atoms with van der Waals surface area (Å²) in [5.41, 5.74) is 14.8. The first-order valence-electron chi connectivity index (χ1n) is 8.81. The van der Waals surface area contributed by atoms with E-state index in [2.05, 4.69) is 10.9 Å². The van der Waals surface area contributed by atoms with E-state index in [0.29, 0.717) is 29.4 Å². The Morgan fingerprint density at radius 1 is 1.20 bits per heavy atom. The third kappa shape index (κ3) is 3.51. The molecule has 132 valence electrons. The van der Waals surface area contributed by atoms with Crippen LogP contribution in [0.1, 0.15) is 36.3 Å². The van der Waals surface area contributed by atoms with Crippen LogP contribution in [0.2, 0.25) is 5.02 Å². The van der Waals surface area contributed by atoms with E-state index in [0.717, 1.165) is 24.8 Å². The first-order valence-corrected chi connectivity index (χ1v) is 9.19. The Hall–Kier alpha value is -1.66. The molecule has 1 aliphatic carbocycles. The van der Waals surface area contributed by atoms with Gasteiger partial charge in [0.2, 0.25) is 0 Å². The van der Waals surface area contributed by atoms with Crippen molar-refractivity contribution in [3.63, 3.8) is 0 Å². The maximum atomic E-state index is 12.3. The number of pyridine rings is 1. The number of hydrazine groups is 1. The Morgan fingerprint density at radius 3 is 2.92 bits per heavy atom. The van der Waals surface area contributed by atoms with Gasteiger partial charge in [0, 0.05) is 29.2 Å². The minimum absolute atomic E-state index is 0.0140. The monoisotopic (exact) mass is 358 g/mol. The van der Waals surface area contributed by atoms with E-state index < -0.39 is 0 Å². The van der Waals surface area contributed by atoms with Gasteiger partial charge in [-0.25, -0.2) is 5.43 Å². The van der Waals surface area contributed by atoms with Crippen molar-refractivity contribution in [1.29, 1.82) is 0 Å². The highest BCUT2D eigenvalue weighted by Crippen LogP contribution is 2.37. The Kier molecular flexibility index (Phi) is 4.65. The highest BCUT2D eigenvalue weighted by Gasteiger charge is 2.38. The van der Waals surface area contributed by atoms with Gasteiger partial charge in [0.05, 0.1) is 12.7 Å². The molecule has 25 heavy (non-hydrogen) atoms. The number of nitrogens with two attached hydrogens (primary N) is 1. The molecule has 2 aromatic rings. The van der Waals surface area contributed by atoms with Crippen LogP contribution < -0.4 is 22.1 Å². The van der Waals surface area contributed by atoms with Gasteiger partial charge in [-0.05, 0) is 48.4 Å². The number of hydrogen-bond acceptors (Lipinski definition) is 4. The Bertz CT molecular complexity index is 821. The van der Waals surface area contributed by atoms with Crippen molar-refractivity contribution in [2.45, 2.75) is 43.9 Å². The van der Waals surface area contributed by atoms with Crippen molar-refractivity contribution in [3.05, 3.63) is 69.1 Å². The first-order chi connectivity index (χ1) is 12.1. The maximum Gasteiger partial charge on any atom is 0.250 e. The molecule has 0 amide bonds. The topological polar surface area (TPSA) is 72.1 Å². The molecule has 4 N–H and O–H groups in total. The number of nitrogens with one attached hydrogen (secondary N) is 2. The van der Waals surface area contributed by atoms with Crippen molar-refractivity contribution in [3.8, 4) is 0 Å². The van der Waals surface area contributed by atoms with E-state index in [1.54, 1.807) is 10.6 Å². The molecule has 6 heteroatoms. The molecular weight excluding hydrogens is 336 g/mol. The summed E-state index contributed by atoms with van der Waals surface area (Å²) in [6.07, 6.45) is 5.30. The summed E-state index contributed by atoms with van der Waals surface area (Å²) in [6, 6.07) is 11.7. The number of benzene rings is 1. The summed E-state index contributed by atoms with van der Waals surface area (Å²) in [6.45, 7) is 0.538. The summed E-state index contributed by atoms with van der Waals surface area (Å²) >= 11 is 6.06. The Morgan fingerprint density at radius 2 is 2.08 bits per heavy atom. The minimum atomic E-state index is 0.0140. The van der Waals surface area contributed by atoms with Crippen molar-refractivity contribution in [1.82, 2.24) is 15.4 Å². The molecule has 4 rings (SSSR count). The zero-order valence-corrected chi connectivity index (χ0v) is 14.7.